The minimum Gasteiger partial charge on any atom is -0.335 e. The molecule has 3 rings (SSSR count). The molecule has 0 bridgehead atoms. The maximum atomic E-state index is 12.3. The van der Waals surface area contributed by atoms with Gasteiger partial charge < -0.3 is 10.7 Å². The number of carbonyl (C=O) groups is 1. The van der Waals surface area contributed by atoms with Crippen LogP contribution in [0, 0.1) is 0 Å². The second-order valence-electron chi connectivity index (χ2n) is 5.23. The Morgan fingerprint density at radius 3 is 2.56 bits per heavy atom. The number of anilines is 1. The molecule has 2 N–H and O–H groups in total. The van der Waals surface area contributed by atoms with Crippen LogP contribution in [0.5, 0.6) is 0 Å². The van der Waals surface area contributed by atoms with E-state index in [1.165, 1.54) is 16.4 Å². The molecule has 0 saturated heterocycles. The van der Waals surface area contributed by atoms with Crippen molar-refractivity contribution >= 4 is 35.0 Å². The number of nitrogens with two attached hydrogens (primary N) is 1. The van der Waals surface area contributed by atoms with Crippen molar-refractivity contribution in [3.63, 3.8) is 0 Å². The summed E-state index contributed by atoms with van der Waals surface area (Å²) in [7, 11) is 1.74. The molecule has 25 heavy (non-hydrogen) atoms. The Hall–Kier alpha value is -2.51. The largest absolute Gasteiger partial charge is 0.335 e. The SMILES string of the molecule is CN(C(=O)CSc1nnc(-c2ccccc2Cl)n1N)c1ccccc1. The van der Waals surface area contributed by atoms with E-state index in [9.17, 15) is 4.79 Å². The van der Waals surface area contributed by atoms with Gasteiger partial charge in [0.05, 0.1) is 10.8 Å². The van der Waals surface area contributed by atoms with Crippen molar-refractivity contribution in [2.24, 2.45) is 0 Å². The first-order chi connectivity index (χ1) is 12.1. The van der Waals surface area contributed by atoms with E-state index in [0.717, 1.165) is 5.69 Å². The van der Waals surface area contributed by atoms with E-state index in [0.29, 0.717) is 21.6 Å². The fourth-order valence-electron chi connectivity index (χ4n) is 2.22. The molecule has 0 saturated carbocycles. The van der Waals surface area contributed by atoms with E-state index in [1.54, 1.807) is 18.0 Å². The summed E-state index contributed by atoms with van der Waals surface area (Å²) in [5, 5.41) is 9.13. The molecule has 0 aliphatic carbocycles. The maximum Gasteiger partial charge on any atom is 0.237 e. The topological polar surface area (TPSA) is 77.0 Å². The summed E-state index contributed by atoms with van der Waals surface area (Å²) < 4.78 is 1.35. The Morgan fingerprint density at radius 1 is 1.16 bits per heavy atom. The number of amides is 1. The van der Waals surface area contributed by atoms with Gasteiger partial charge in [0.15, 0.2) is 5.82 Å². The van der Waals surface area contributed by atoms with Gasteiger partial charge in [-0.2, -0.15) is 0 Å². The number of rotatable bonds is 5. The predicted molar refractivity (Wildman–Crippen MR) is 101 cm³/mol. The second-order valence-corrected chi connectivity index (χ2v) is 6.58. The zero-order chi connectivity index (χ0) is 17.8. The number of hydrogen-bond acceptors (Lipinski definition) is 5. The quantitative estimate of drug-likeness (QED) is 0.549. The van der Waals surface area contributed by atoms with Crippen molar-refractivity contribution in [2.75, 3.05) is 23.5 Å². The fraction of sp³-hybridized carbons (Fsp3) is 0.118. The van der Waals surface area contributed by atoms with E-state index in [2.05, 4.69) is 10.2 Å². The summed E-state index contributed by atoms with van der Waals surface area (Å²) in [6.07, 6.45) is 0. The monoisotopic (exact) mass is 373 g/mol. The van der Waals surface area contributed by atoms with Crippen LogP contribution in [0.25, 0.3) is 11.4 Å². The first kappa shape index (κ1) is 17.3. The average molecular weight is 374 g/mol. The highest BCUT2D eigenvalue weighted by Crippen LogP contribution is 2.27. The summed E-state index contributed by atoms with van der Waals surface area (Å²) >= 11 is 7.40. The zero-order valence-corrected chi connectivity index (χ0v) is 15.0. The van der Waals surface area contributed by atoms with Crippen molar-refractivity contribution in [3.05, 3.63) is 59.6 Å². The predicted octanol–water partition coefficient (Wildman–Crippen LogP) is 3.07. The van der Waals surface area contributed by atoms with Crippen LogP contribution in [-0.4, -0.2) is 33.6 Å². The lowest BCUT2D eigenvalue weighted by Gasteiger charge is -2.16. The summed E-state index contributed by atoms with van der Waals surface area (Å²) in [5.74, 6) is 6.66. The molecule has 0 aliphatic rings. The molecule has 0 unspecified atom stereocenters. The molecule has 1 heterocycles. The van der Waals surface area contributed by atoms with E-state index in [1.807, 2.05) is 48.5 Å². The van der Waals surface area contributed by atoms with Gasteiger partial charge in [-0.3, -0.25) is 4.79 Å². The van der Waals surface area contributed by atoms with Crippen LogP contribution in [0.1, 0.15) is 0 Å². The maximum absolute atomic E-state index is 12.3. The fourth-order valence-corrected chi connectivity index (χ4v) is 3.21. The molecule has 0 atom stereocenters. The molecular weight excluding hydrogens is 358 g/mol. The lowest BCUT2D eigenvalue weighted by molar-refractivity contribution is -0.115. The van der Waals surface area contributed by atoms with Gasteiger partial charge in [0.25, 0.3) is 0 Å². The molecule has 1 amide bonds. The van der Waals surface area contributed by atoms with Gasteiger partial charge in [-0.05, 0) is 24.3 Å². The Kier molecular flexibility index (Phi) is 5.25. The van der Waals surface area contributed by atoms with Crippen molar-refractivity contribution in [3.8, 4) is 11.4 Å². The van der Waals surface area contributed by atoms with E-state index in [-0.39, 0.29) is 11.7 Å². The number of para-hydroxylation sites is 1. The van der Waals surface area contributed by atoms with E-state index >= 15 is 0 Å². The number of aromatic nitrogens is 3. The highest BCUT2D eigenvalue weighted by atomic mass is 35.5. The standard InChI is InChI=1S/C17H16ClN5OS/c1-22(12-7-3-2-4-8-12)15(24)11-25-17-21-20-16(23(17)19)13-9-5-6-10-14(13)18/h2-10H,11,19H2,1H3. The number of thioether (sulfide) groups is 1. The minimum absolute atomic E-state index is 0.0570. The van der Waals surface area contributed by atoms with Gasteiger partial charge in [0.2, 0.25) is 11.1 Å². The molecule has 3 aromatic rings. The third-order valence-electron chi connectivity index (χ3n) is 3.62. The normalized spacial score (nSPS) is 10.6. The second kappa shape index (κ2) is 7.58. The van der Waals surface area contributed by atoms with Crippen molar-refractivity contribution in [1.82, 2.24) is 14.9 Å². The Labute approximate surface area is 154 Å². The van der Waals surface area contributed by atoms with E-state index < -0.39 is 0 Å². The van der Waals surface area contributed by atoms with Crippen LogP contribution in [-0.2, 0) is 4.79 Å². The number of nitrogen functional groups attached to an aromatic ring is 1. The lowest BCUT2D eigenvalue weighted by atomic mass is 10.2. The molecule has 6 nitrogen and oxygen atoms in total. The van der Waals surface area contributed by atoms with Gasteiger partial charge in [-0.25, -0.2) is 4.68 Å². The number of benzene rings is 2. The molecular formula is C17H16ClN5OS. The van der Waals surface area contributed by atoms with Crippen molar-refractivity contribution in [1.29, 1.82) is 0 Å². The first-order valence-corrected chi connectivity index (χ1v) is 8.84. The molecule has 1 aromatic heterocycles. The van der Waals surface area contributed by atoms with E-state index in [4.69, 9.17) is 17.4 Å². The highest BCUT2D eigenvalue weighted by molar-refractivity contribution is 7.99. The zero-order valence-electron chi connectivity index (χ0n) is 13.5. The lowest BCUT2D eigenvalue weighted by Crippen LogP contribution is -2.28. The number of carbonyl (C=O) groups excluding carboxylic acids is 1. The summed E-state index contributed by atoms with van der Waals surface area (Å²) in [5.41, 5.74) is 1.53. The number of hydrogen-bond donors (Lipinski definition) is 1. The third kappa shape index (κ3) is 3.78. The Morgan fingerprint density at radius 2 is 1.84 bits per heavy atom. The Bertz CT molecular complexity index is 884. The number of nitrogens with zero attached hydrogens (tertiary/aromatic N) is 4. The van der Waals surface area contributed by atoms with Gasteiger partial charge in [-0.1, -0.05) is 53.7 Å². The van der Waals surface area contributed by atoms with Crippen LogP contribution in [0.2, 0.25) is 5.02 Å². The van der Waals surface area contributed by atoms with Crippen LogP contribution < -0.4 is 10.7 Å². The summed E-state index contributed by atoms with van der Waals surface area (Å²) in [4.78, 5) is 13.9. The Balaban J connectivity index is 1.70. The molecule has 8 heteroatoms. The molecule has 0 fully saturated rings. The van der Waals surface area contributed by atoms with Crippen LogP contribution in [0.15, 0.2) is 59.8 Å². The minimum atomic E-state index is -0.0570. The summed E-state index contributed by atoms with van der Waals surface area (Å²) in [6.45, 7) is 0. The summed E-state index contributed by atoms with van der Waals surface area (Å²) in [6, 6.07) is 16.7. The molecule has 0 spiro atoms. The molecule has 2 aromatic carbocycles. The van der Waals surface area contributed by atoms with Crippen molar-refractivity contribution in [2.45, 2.75) is 5.16 Å². The number of halogens is 1. The third-order valence-corrected chi connectivity index (χ3v) is 4.88. The van der Waals surface area contributed by atoms with Gasteiger partial charge >= 0.3 is 0 Å². The van der Waals surface area contributed by atoms with Crippen LogP contribution in [0.3, 0.4) is 0 Å². The molecule has 0 aliphatic heterocycles. The van der Waals surface area contributed by atoms with Crippen LogP contribution >= 0.6 is 23.4 Å². The highest BCUT2D eigenvalue weighted by Gasteiger charge is 2.17. The van der Waals surface area contributed by atoms with Crippen LogP contribution in [0.4, 0.5) is 5.69 Å². The smallest absolute Gasteiger partial charge is 0.237 e. The molecule has 128 valence electrons. The van der Waals surface area contributed by atoms with Crippen molar-refractivity contribution < 1.29 is 4.79 Å². The average Bonchev–Trinajstić information content (AvgIpc) is 3.00. The first-order valence-electron chi connectivity index (χ1n) is 7.47. The van der Waals surface area contributed by atoms with Gasteiger partial charge in [-0.15, -0.1) is 10.2 Å². The molecule has 0 radical (unpaired) electrons. The van der Waals surface area contributed by atoms with Gasteiger partial charge in [0.1, 0.15) is 0 Å². The van der Waals surface area contributed by atoms with Gasteiger partial charge in [0, 0.05) is 18.3 Å².